The zero-order valence-corrected chi connectivity index (χ0v) is 17.2. The second-order valence-electron chi connectivity index (χ2n) is 5.99. The molecule has 0 radical (unpaired) electrons. The predicted octanol–water partition coefficient (Wildman–Crippen LogP) is 2.43. The summed E-state index contributed by atoms with van der Waals surface area (Å²) in [5.74, 6) is 1.30. The Morgan fingerprint density at radius 1 is 1.24 bits per heavy atom. The highest BCUT2D eigenvalue weighted by atomic mass is 79.9. The number of carbonyl (C=O) groups is 1. The highest BCUT2D eigenvalue weighted by Crippen LogP contribution is 2.34. The third-order valence-corrected chi connectivity index (χ3v) is 6.69. The van der Waals surface area contributed by atoms with Crippen molar-refractivity contribution in [2.75, 3.05) is 31.8 Å². The molecular formula is C17H24BrNO5S. The maximum Gasteiger partial charge on any atom is 0.227 e. The third-order valence-electron chi connectivity index (χ3n) is 4.20. The van der Waals surface area contributed by atoms with Crippen LogP contribution in [0.15, 0.2) is 16.6 Å². The van der Waals surface area contributed by atoms with Gasteiger partial charge in [0.2, 0.25) is 5.91 Å². The highest BCUT2D eigenvalue weighted by molar-refractivity contribution is 9.10. The topological polar surface area (TPSA) is 72.9 Å². The molecule has 0 bridgehead atoms. The van der Waals surface area contributed by atoms with E-state index in [1.165, 1.54) is 0 Å². The number of hydrogen-bond donors (Lipinski definition) is 0. The molecule has 0 aromatic heterocycles. The molecule has 0 unspecified atom stereocenters. The fourth-order valence-corrected chi connectivity index (χ4v) is 5.06. The second kappa shape index (κ2) is 8.40. The quantitative estimate of drug-likeness (QED) is 0.659. The molecular weight excluding hydrogens is 410 g/mol. The van der Waals surface area contributed by atoms with E-state index < -0.39 is 9.84 Å². The molecule has 6 nitrogen and oxygen atoms in total. The van der Waals surface area contributed by atoms with Gasteiger partial charge in [0.25, 0.3) is 0 Å². The van der Waals surface area contributed by atoms with Crippen molar-refractivity contribution < 1.29 is 22.7 Å². The van der Waals surface area contributed by atoms with Gasteiger partial charge in [0.05, 0.1) is 31.1 Å². The van der Waals surface area contributed by atoms with Crippen LogP contribution in [-0.2, 0) is 21.1 Å². The van der Waals surface area contributed by atoms with Gasteiger partial charge in [-0.3, -0.25) is 4.79 Å². The van der Waals surface area contributed by atoms with E-state index in [9.17, 15) is 13.2 Å². The Kier molecular flexibility index (Phi) is 6.73. The van der Waals surface area contributed by atoms with E-state index in [1.807, 2.05) is 13.8 Å². The van der Waals surface area contributed by atoms with Crippen molar-refractivity contribution in [3.63, 3.8) is 0 Å². The summed E-state index contributed by atoms with van der Waals surface area (Å²) in [7, 11) is -1.35. The van der Waals surface area contributed by atoms with E-state index in [4.69, 9.17) is 9.47 Å². The van der Waals surface area contributed by atoms with Gasteiger partial charge < -0.3 is 14.4 Å². The second-order valence-corrected chi connectivity index (χ2v) is 9.08. The van der Waals surface area contributed by atoms with E-state index >= 15 is 0 Å². The molecule has 0 spiro atoms. The average Bonchev–Trinajstić information content (AvgIpc) is 2.91. The van der Waals surface area contributed by atoms with E-state index in [-0.39, 0.29) is 29.9 Å². The number of amides is 1. The number of hydrogen-bond acceptors (Lipinski definition) is 5. The van der Waals surface area contributed by atoms with E-state index in [2.05, 4.69) is 15.9 Å². The Morgan fingerprint density at radius 3 is 2.36 bits per heavy atom. The molecule has 8 heteroatoms. The molecule has 1 saturated heterocycles. The first-order valence-electron chi connectivity index (χ1n) is 8.31. The van der Waals surface area contributed by atoms with Crippen molar-refractivity contribution in [2.45, 2.75) is 32.7 Å². The van der Waals surface area contributed by atoms with Crippen molar-refractivity contribution in [3.8, 4) is 11.5 Å². The number of nitrogens with zero attached hydrogens (tertiary/aromatic N) is 1. The van der Waals surface area contributed by atoms with E-state index in [1.54, 1.807) is 24.1 Å². The Labute approximate surface area is 157 Å². The lowest BCUT2D eigenvalue weighted by Gasteiger charge is -2.24. The lowest BCUT2D eigenvalue weighted by Crippen LogP contribution is -2.38. The lowest BCUT2D eigenvalue weighted by atomic mass is 10.1. The summed E-state index contributed by atoms with van der Waals surface area (Å²) in [6.07, 6.45) is 0.666. The summed E-state index contributed by atoms with van der Waals surface area (Å²) in [4.78, 5) is 14.1. The molecule has 0 N–H and O–H groups in total. The average molecular weight is 434 g/mol. The minimum atomic E-state index is -3.02. The third kappa shape index (κ3) is 5.10. The summed E-state index contributed by atoms with van der Waals surface area (Å²) >= 11 is 3.48. The number of halogens is 1. The van der Waals surface area contributed by atoms with Gasteiger partial charge in [0, 0.05) is 17.6 Å². The maximum atomic E-state index is 12.6. The first-order chi connectivity index (χ1) is 11.8. The number of rotatable bonds is 7. The zero-order valence-electron chi connectivity index (χ0n) is 14.7. The van der Waals surface area contributed by atoms with Gasteiger partial charge in [-0.1, -0.05) is 15.9 Å². The number of likely N-dealkylation sites (N-methyl/N-ethyl adjacent to an activating group) is 1. The number of carbonyl (C=O) groups excluding carboxylic acids is 1. The van der Waals surface area contributed by atoms with Crippen molar-refractivity contribution >= 4 is 31.7 Å². The summed E-state index contributed by atoms with van der Waals surface area (Å²) in [5, 5.41) is 0. The normalized spacial score (nSPS) is 18.8. The zero-order chi connectivity index (χ0) is 18.6. The molecule has 1 aromatic rings. The van der Waals surface area contributed by atoms with Crippen LogP contribution in [0.3, 0.4) is 0 Å². The molecule has 1 heterocycles. The van der Waals surface area contributed by atoms with E-state index in [0.29, 0.717) is 31.1 Å². The number of sulfone groups is 1. The van der Waals surface area contributed by atoms with Gasteiger partial charge >= 0.3 is 0 Å². The van der Waals surface area contributed by atoms with Crippen LogP contribution < -0.4 is 9.47 Å². The minimum absolute atomic E-state index is 0.0455. The van der Waals surface area contributed by atoms with Gasteiger partial charge in [-0.15, -0.1) is 0 Å². The summed E-state index contributed by atoms with van der Waals surface area (Å²) in [5.41, 5.74) is 0.782. The SMILES string of the molecule is CCOc1cc(Br)c(CC(=O)N(C)[C@H]2CCS(=O)(=O)C2)cc1OCC. The van der Waals surface area contributed by atoms with Crippen LogP contribution in [0, 0.1) is 0 Å². The summed E-state index contributed by atoms with van der Waals surface area (Å²) in [6.45, 7) is 4.79. The Bertz CT molecular complexity index is 735. The minimum Gasteiger partial charge on any atom is -0.490 e. The molecule has 1 amide bonds. The fourth-order valence-electron chi connectivity index (χ4n) is 2.82. The first kappa shape index (κ1) is 20.0. The van der Waals surface area contributed by atoms with Crippen LogP contribution in [0.1, 0.15) is 25.8 Å². The molecule has 0 saturated carbocycles. The molecule has 2 rings (SSSR count). The molecule has 1 fully saturated rings. The molecule has 1 aromatic carbocycles. The Morgan fingerprint density at radius 2 is 1.84 bits per heavy atom. The Balaban J connectivity index is 2.15. The van der Waals surface area contributed by atoms with Crippen molar-refractivity contribution in [2.24, 2.45) is 0 Å². The summed E-state index contributed by atoms with van der Waals surface area (Å²) < 4.78 is 35.2. The van der Waals surface area contributed by atoms with Crippen LogP contribution >= 0.6 is 15.9 Å². The molecule has 1 atom stereocenters. The maximum absolute atomic E-state index is 12.6. The summed E-state index contributed by atoms with van der Waals surface area (Å²) in [6, 6.07) is 3.36. The molecule has 140 valence electrons. The van der Waals surface area contributed by atoms with E-state index in [0.717, 1.165) is 10.0 Å². The van der Waals surface area contributed by atoms with Crippen molar-refractivity contribution in [1.29, 1.82) is 0 Å². The molecule has 0 aliphatic carbocycles. The van der Waals surface area contributed by atoms with Crippen LogP contribution in [-0.4, -0.2) is 57.0 Å². The van der Waals surface area contributed by atoms with Crippen LogP contribution in [0.4, 0.5) is 0 Å². The molecule has 1 aliphatic heterocycles. The number of ether oxygens (including phenoxy) is 2. The smallest absolute Gasteiger partial charge is 0.227 e. The largest absolute Gasteiger partial charge is 0.490 e. The van der Waals surface area contributed by atoms with Gasteiger partial charge in [-0.05, 0) is 38.0 Å². The Hall–Kier alpha value is -1.28. The highest BCUT2D eigenvalue weighted by Gasteiger charge is 2.32. The molecule has 25 heavy (non-hydrogen) atoms. The van der Waals surface area contributed by atoms with Gasteiger partial charge in [0.1, 0.15) is 0 Å². The van der Waals surface area contributed by atoms with Crippen LogP contribution in [0.2, 0.25) is 0 Å². The van der Waals surface area contributed by atoms with Gasteiger partial charge in [-0.25, -0.2) is 8.42 Å². The van der Waals surface area contributed by atoms with Crippen molar-refractivity contribution in [3.05, 3.63) is 22.2 Å². The fraction of sp³-hybridized carbons (Fsp3) is 0.588. The standard InChI is InChI=1S/C17H24BrNO5S/c1-4-23-15-8-12(14(18)10-16(15)24-5-2)9-17(20)19(3)13-6-7-25(21,22)11-13/h8,10,13H,4-7,9,11H2,1-3H3/t13-/m0/s1. The van der Waals surface area contributed by atoms with Crippen molar-refractivity contribution in [1.82, 2.24) is 4.90 Å². The monoisotopic (exact) mass is 433 g/mol. The van der Waals surface area contributed by atoms with Gasteiger partial charge in [0.15, 0.2) is 21.3 Å². The van der Waals surface area contributed by atoms with Gasteiger partial charge in [-0.2, -0.15) is 0 Å². The predicted molar refractivity (Wildman–Crippen MR) is 100 cm³/mol. The van der Waals surface area contributed by atoms with Crippen LogP contribution in [0.5, 0.6) is 11.5 Å². The first-order valence-corrected chi connectivity index (χ1v) is 10.9. The number of benzene rings is 1. The molecule has 1 aliphatic rings. The van der Waals surface area contributed by atoms with Crippen LogP contribution in [0.25, 0.3) is 0 Å². The lowest BCUT2D eigenvalue weighted by molar-refractivity contribution is -0.130.